The molecule has 0 spiro atoms. The third-order valence-electron chi connectivity index (χ3n) is 3.63. The zero-order valence-electron chi connectivity index (χ0n) is 10.4. The lowest BCUT2D eigenvalue weighted by Gasteiger charge is -2.25. The lowest BCUT2D eigenvalue weighted by Crippen LogP contribution is -2.38. The Bertz CT molecular complexity index is 492. The second kappa shape index (κ2) is 5.33. The van der Waals surface area contributed by atoms with E-state index in [0.29, 0.717) is 18.9 Å². The lowest BCUT2D eigenvalue weighted by molar-refractivity contribution is 0.0233. The first-order valence-electron chi connectivity index (χ1n) is 6.36. The van der Waals surface area contributed by atoms with Crippen molar-refractivity contribution in [2.75, 3.05) is 0 Å². The van der Waals surface area contributed by atoms with Crippen molar-refractivity contribution in [1.29, 1.82) is 0 Å². The van der Waals surface area contributed by atoms with Gasteiger partial charge < -0.3 is 5.11 Å². The van der Waals surface area contributed by atoms with Gasteiger partial charge in [0.25, 0.3) is 0 Å². The van der Waals surface area contributed by atoms with Gasteiger partial charge in [0.2, 0.25) is 0 Å². The zero-order chi connectivity index (χ0) is 14.0. The summed E-state index contributed by atoms with van der Waals surface area (Å²) in [5.74, 6) is -5.40. The van der Waals surface area contributed by atoms with Gasteiger partial charge in [0, 0.05) is 0 Å². The summed E-state index contributed by atoms with van der Waals surface area (Å²) < 4.78 is 39.6. The highest BCUT2D eigenvalue weighted by Crippen LogP contribution is 2.31. The van der Waals surface area contributed by atoms with Gasteiger partial charge in [0.15, 0.2) is 23.2 Å². The summed E-state index contributed by atoms with van der Waals surface area (Å²) in [5, 5.41) is 10.3. The Hall–Kier alpha value is -1.36. The fourth-order valence-corrected chi connectivity index (χ4v) is 2.49. The van der Waals surface area contributed by atoms with Crippen LogP contribution >= 0.6 is 0 Å². The van der Waals surface area contributed by atoms with Crippen molar-refractivity contribution in [2.24, 2.45) is 0 Å². The minimum absolute atomic E-state index is 0.226. The van der Waals surface area contributed by atoms with Gasteiger partial charge in [0.1, 0.15) is 5.60 Å². The Labute approximate surface area is 109 Å². The average molecular weight is 272 g/mol. The highest BCUT2D eigenvalue weighted by Gasteiger charge is 2.38. The Morgan fingerprint density at radius 1 is 1.00 bits per heavy atom. The molecule has 104 valence electrons. The van der Waals surface area contributed by atoms with Crippen LogP contribution in [0.1, 0.15) is 48.9 Å². The van der Waals surface area contributed by atoms with Crippen LogP contribution in [0.25, 0.3) is 0 Å². The van der Waals surface area contributed by atoms with Gasteiger partial charge >= 0.3 is 0 Å². The van der Waals surface area contributed by atoms with Gasteiger partial charge in [-0.25, -0.2) is 13.2 Å². The molecule has 1 aromatic carbocycles. The molecule has 1 fully saturated rings. The van der Waals surface area contributed by atoms with Crippen LogP contribution in [0.5, 0.6) is 0 Å². The Kier molecular flexibility index (Phi) is 3.94. The molecule has 0 aromatic heterocycles. The summed E-state index contributed by atoms with van der Waals surface area (Å²) in [4.78, 5) is 12.2. The molecule has 0 amide bonds. The number of halogens is 3. The first-order valence-corrected chi connectivity index (χ1v) is 6.36. The van der Waals surface area contributed by atoms with Crippen molar-refractivity contribution >= 4 is 5.78 Å². The van der Waals surface area contributed by atoms with Gasteiger partial charge in [0.05, 0.1) is 5.56 Å². The molecule has 0 aliphatic heterocycles. The van der Waals surface area contributed by atoms with Crippen LogP contribution in [0.4, 0.5) is 13.2 Å². The van der Waals surface area contributed by atoms with Crippen LogP contribution in [0, 0.1) is 17.5 Å². The molecule has 1 N–H and O–H groups in total. The molecular formula is C14H15F3O2. The van der Waals surface area contributed by atoms with Crippen LogP contribution in [0.3, 0.4) is 0 Å². The summed E-state index contributed by atoms with van der Waals surface area (Å²) in [5.41, 5.74) is -2.25. The molecule has 19 heavy (non-hydrogen) atoms. The summed E-state index contributed by atoms with van der Waals surface area (Å²) in [6, 6.07) is 1.59. The Balaban J connectivity index is 2.35. The predicted molar refractivity (Wildman–Crippen MR) is 63.3 cm³/mol. The monoisotopic (exact) mass is 272 g/mol. The molecule has 2 nitrogen and oxygen atoms in total. The number of aliphatic hydroxyl groups is 1. The van der Waals surface area contributed by atoms with E-state index in [-0.39, 0.29) is 12.8 Å². The van der Waals surface area contributed by atoms with E-state index in [1.54, 1.807) is 0 Å². The molecule has 0 radical (unpaired) electrons. The van der Waals surface area contributed by atoms with Crippen molar-refractivity contribution in [3.63, 3.8) is 0 Å². The molecule has 0 atom stereocenters. The lowest BCUT2D eigenvalue weighted by atomic mass is 9.86. The smallest absolute Gasteiger partial charge is 0.197 e. The van der Waals surface area contributed by atoms with Gasteiger partial charge in [-0.15, -0.1) is 0 Å². The van der Waals surface area contributed by atoms with E-state index >= 15 is 0 Å². The minimum Gasteiger partial charge on any atom is -0.382 e. The minimum atomic E-state index is -1.68. The van der Waals surface area contributed by atoms with Crippen LogP contribution in [0.2, 0.25) is 0 Å². The summed E-state index contributed by atoms with van der Waals surface area (Å²) in [7, 11) is 0. The molecule has 0 heterocycles. The first-order chi connectivity index (χ1) is 8.96. The van der Waals surface area contributed by atoms with Crippen molar-refractivity contribution in [3.8, 4) is 0 Å². The summed E-state index contributed by atoms with van der Waals surface area (Å²) in [6.45, 7) is 0. The van der Waals surface area contributed by atoms with Crippen LogP contribution in [-0.2, 0) is 0 Å². The molecule has 0 bridgehead atoms. The van der Waals surface area contributed by atoms with E-state index in [0.717, 1.165) is 18.9 Å². The normalized spacial score (nSPS) is 18.9. The third-order valence-corrected chi connectivity index (χ3v) is 3.63. The largest absolute Gasteiger partial charge is 0.382 e. The van der Waals surface area contributed by atoms with Gasteiger partial charge in [-0.1, -0.05) is 25.7 Å². The molecule has 0 saturated heterocycles. The highest BCUT2D eigenvalue weighted by molar-refractivity contribution is 6.02. The summed E-state index contributed by atoms with van der Waals surface area (Å²) >= 11 is 0. The molecular weight excluding hydrogens is 257 g/mol. The van der Waals surface area contributed by atoms with Crippen molar-refractivity contribution in [2.45, 2.75) is 44.1 Å². The summed E-state index contributed by atoms with van der Waals surface area (Å²) in [6.07, 6.45) is 3.57. The quantitative estimate of drug-likeness (QED) is 0.509. The first kappa shape index (κ1) is 14.1. The maximum atomic E-state index is 13.6. The Morgan fingerprint density at radius 2 is 1.58 bits per heavy atom. The zero-order valence-corrected chi connectivity index (χ0v) is 10.4. The van der Waals surface area contributed by atoms with E-state index in [9.17, 15) is 23.1 Å². The van der Waals surface area contributed by atoms with Crippen molar-refractivity contribution < 1.29 is 23.1 Å². The SMILES string of the molecule is O=C(c1ccc(F)c(F)c1F)C1(O)CCCCCC1. The van der Waals surface area contributed by atoms with Crippen molar-refractivity contribution in [1.82, 2.24) is 0 Å². The maximum absolute atomic E-state index is 13.6. The number of rotatable bonds is 2. The molecule has 5 heteroatoms. The molecule has 1 aliphatic carbocycles. The number of hydrogen-bond acceptors (Lipinski definition) is 2. The molecule has 1 saturated carbocycles. The molecule has 1 aromatic rings. The molecule has 2 rings (SSSR count). The number of carbonyl (C=O) groups is 1. The number of hydrogen-bond donors (Lipinski definition) is 1. The fraction of sp³-hybridized carbons (Fsp3) is 0.500. The fourth-order valence-electron chi connectivity index (χ4n) is 2.49. The second-order valence-corrected chi connectivity index (χ2v) is 5.00. The van der Waals surface area contributed by atoms with Crippen molar-refractivity contribution in [3.05, 3.63) is 35.1 Å². The van der Waals surface area contributed by atoms with Crippen LogP contribution < -0.4 is 0 Å². The van der Waals surface area contributed by atoms with E-state index < -0.39 is 34.4 Å². The van der Waals surface area contributed by atoms with E-state index in [1.807, 2.05) is 0 Å². The molecule has 0 unspecified atom stereocenters. The Morgan fingerprint density at radius 3 is 2.16 bits per heavy atom. The van der Waals surface area contributed by atoms with Crippen LogP contribution in [0.15, 0.2) is 12.1 Å². The van der Waals surface area contributed by atoms with Gasteiger partial charge in [-0.2, -0.15) is 0 Å². The maximum Gasteiger partial charge on any atom is 0.197 e. The topological polar surface area (TPSA) is 37.3 Å². The predicted octanol–water partition coefficient (Wildman–Crippen LogP) is 3.37. The highest BCUT2D eigenvalue weighted by atomic mass is 19.2. The van der Waals surface area contributed by atoms with E-state index in [4.69, 9.17) is 0 Å². The number of ketones is 1. The third kappa shape index (κ3) is 2.66. The van der Waals surface area contributed by atoms with E-state index in [1.165, 1.54) is 0 Å². The average Bonchev–Trinajstić information content (AvgIpc) is 2.61. The van der Waals surface area contributed by atoms with Crippen LogP contribution in [-0.4, -0.2) is 16.5 Å². The van der Waals surface area contributed by atoms with Gasteiger partial charge in [-0.3, -0.25) is 4.79 Å². The standard InChI is InChI=1S/C14H15F3O2/c15-10-6-5-9(11(16)12(10)17)13(18)14(19)7-3-1-2-4-8-14/h5-6,19H,1-4,7-8H2. The number of Topliss-reactive ketones (excluding diaryl/α,β-unsaturated/α-hetero) is 1. The van der Waals surface area contributed by atoms with E-state index in [2.05, 4.69) is 0 Å². The molecule has 1 aliphatic rings. The number of carbonyl (C=O) groups excluding carboxylic acids is 1. The second-order valence-electron chi connectivity index (χ2n) is 5.00. The number of benzene rings is 1. The van der Waals surface area contributed by atoms with Gasteiger partial charge in [-0.05, 0) is 25.0 Å².